The van der Waals surface area contributed by atoms with Crippen LogP contribution in [0.5, 0.6) is 0 Å². The van der Waals surface area contributed by atoms with Crippen molar-refractivity contribution in [2.45, 2.75) is 39.2 Å². The molecule has 1 atom stereocenters. The predicted octanol–water partition coefficient (Wildman–Crippen LogP) is 2.70. The molecule has 0 radical (unpaired) electrons. The van der Waals surface area contributed by atoms with Crippen molar-refractivity contribution < 1.29 is 9.59 Å². The molecule has 0 saturated carbocycles. The Kier molecular flexibility index (Phi) is 6.44. The van der Waals surface area contributed by atoms with Crippen LogP contribution in [-0.4, -0.2) is 36.5 Å². The Hall–Kier alpha value is -2.04. The Bertz CT molecular complexity index is 510. The highest BCUT2D eigenvalue weighted by Crippen LogP contribution is 2.19. The molecule has 5 heteroatoms. The third kappa shape index (κ3) is 5.27. The molecule has 5 nitrogen and oxygen atoms in total. The van der Waals surface area contributed by atoms with Crippen LogP contribution >= 0.6 is 0 Å². The molecule has 1 aliphatic heterocycles. The SMILES string of the molecule is CC(C)CNC(=O)NC(C(=O)N1CCCCC1)c1ccccc1. The van der Waals surface area contributed by atoms with Crippen LogP contribution < -0.4 is 10.6 Å². The maximum atomic E-state index is 12.9. The molecule has 1 fully saturated rings. The van der Waals surface area contributed by atoms with Gasteiger partial charge in [0.1, 0.15) is 6.04 Å². The highest BCUT2D eigenvalue weighted by atomic mass is 16.2. The second-order valence-electron chi connectivity index (χ2n) is 6.48. The fraction of sp³-hybridized carbons (Fsp3) is 0.556. The number of piperidine rings is 1. The van der Waals surface area contributed by atoms with Crippen molar-refractivity contribution >= 4 is 11.9 Å². The van der Waals surface area contributed by atoms with Crippen molar-refractivity contribution in [3.05, 3.63) is 35.9 Å². The van der Waals surface area contributed by atoms with E-state index in [-0.39, 0.29) is 11.9 Å². The number of hydrogen-bond acceptors (Lipinski definition) is 2. The van der Waals surface area contributed by atoms with Gasteiger partial charge >= 0.3 is 6.03 Å². The van der Waals surface area contributed by atoms with Crippen LogP contribution in [0.15, 0.2) is 30.3 Å². The number of likely N-dealkylation sites (tertiary alicyclic amines) is 1. The number of carbonyl (C=O) groups is 2. The second kappa shape index (κ2) is 8.56. The first-order valence-electron chi connectivity index (χ1n) is 8.46. The third-order valence-electron chi connectivity index (χ3n) is 3.99. The minimum Gasteiger partial charge on any atom is -0.341 e. The smallest absolute Gasteiger partial charge is 0.315 e. The fourth-order valence-electron chi connectivity index (χ4n) is 2.71. The number of nitrogens with zero attached hydrogens (tertiary/aromatic N) is 1. The van der Waals surface area contributed by atoms with Crippen molar-refractivity contribution in [2.75, 3.05) is 19.6 Å². The van der Waals surface area contributed by atoms with Crippen LogP contribution in [0.25, 0.3) is 0 Å². The quantitative estimate of drug-likeness (QED) is 0.877. The van der Waals surface area contributed by atoms with Crippen molar-refractivity contribution in [2.24, 2.45) is 5.92 Å². The molecule has 1 aromatic carbocycles. The van der Waals surface area contributed by atoms with Gasteiger partial charge in [-0.1, -0.05) is 44.2 Å². The number of rotatable bonds is 5. The zero-order valence-corrected chi connectivity index (χ0v) is 14.0. The summed E-state index contributed by atoms with van der Waals surface area (Å²) in [5.41, 5.74) is 0.822. The van der Waals surface area contributed by atoms with Gasteiger partial charge in [-0.2, -0.15) is 0 Å². The van der Waals surface area contributed by atoms with Gasteiger partial charge < -0.3 is 15.5 Å². The maximum absolute atomic E-state index is 12.9. The number of hydrogen-bond donors (Lipinski definition) is 2. The molecule has 126 valence electrons. The van der Waals surface area contributed by atoms with E-state index in [0.29, 0.717) is 12.5 Å². The number of nitrogens with one attached hydrogen (secondary N) is 2. The molecule has 0 spiro atoms. The first-order valence-corrected chi connectivity index (χ1v) is 8.46. The van der Waals surface area contributed by atoms with Gasteiger partial charge in [-0.3, -0.25) is 4.79 Å². The zero-order valence-electron chi connectivity index (χ0n) is 14.0. The van der Waals surface area contributed by atoms with Crippen molar-refractivity contribution in [1.82, 2.24) is 15.5 Å². The van der Waals surface area contributed by atoms with Gasteiger partial charge in [0.2, 0.25) is 5.91 Å². The van der Waals surface area contributed by atoms with Crippen LogP contribution in [-0.2, 0) is 4.79 Å². The van der Waals surface area contributed by atoms with Gasteiger partial charge in [0, 0.05) is 19.6 Å². The predicted molar refractivity (Wildman–Crippen MR) is 91.0 cm³/mol. The Morgan fingerprint density at radius 3 is 2.35 bits per heavy atom. The lowest BCUT2D eigenvalue weighted by molar-refractivity contribution is -0.134. The Labute approximate surface area is 138 Å². The Balaban J connectivity index is 2.08. The highest BCUT2D eigenvalue weighted by Gasteiger charge is 2.28. The molecule has 1 heterocycles. The van der Waals surface area contributed by atoms with Crippen molar-refractivity contribution in [1.29, 1.82) is 0 Å². The fourth-order valence-corrected chi connectivity index (χ4v) is 2.71. The molecule has 23 heavy (non-hydrogen) atoms. The van der Waals surface area contributed by atoms with E-state index < -0.39 is 6.04 Å². The molecule has 0 bridgehead atoms. The lowest BCUT2D eigenvalue weighted by Crippen LogP contribution is -2.47. The molecule has 3 amide bonds. The summed E-state index contributed by atoms with van der Waals surface area (Å²) < 4.78 is 0. The first-order chi connectivity index (χ1) is 11.1. The van der Waals surface area contributed by atoms with E-state index in [2.05, 4.69) is 10.6 Å². The van der Waals surface area contributed by atoms with Gasteiger partial charge in [-0.05, 0) is 30.7 Å². The lowest BCUT2D eigenvalue weighted by atomic mass is 10.0. The molecule has 0 aromatic heterocycles. The Morgan fingerprint density at radius 1 is 1.09 bits per heavy atom. The highest BCUT2D eigenvalue weighted by molar-refractivity contribution is 5.88. The third-order valence-corrected chi connectivity index (χ3v) is 3.99. The summed E-state index contributed by atoms with van der Waals surface area (Å²) in [5, 5.41) is 5.66. The molecule has 0 aliphatic carbocycles. The monoisotopic (exact) mass is 317 g/mol. The number of amides is 3. The van der Waals surface area contributed by atoms with Gasteiger partial charge in [-0.25, -0.2) is 4.79 Å². The Morgan fingerprint density at radius 2 is 1.74 bits per heavy atom. The molecule has 1 aromatic rings. The average Bonchev–Trinajstić information content (AvgIpc) is 2.59. The van der Waals surface area contributed by atoms with Crippen LogP contribution in [0, 0.1) is 5.92 Å². The van der Waals surface area contributed by atoms with Gasteiger partial charge in [0.15, 0.2) is 0 Å². The van der Waals surface area contributed by atoms with Crippen LogP contribution in [0.1, 0.15) is 44.7 Å². The molecular weight excluding hydrogens is 290 g/mol. The van der Waals surface area contributed by atoms with Crippen LogP contribution in [0.4, 0.5) is 4.79 Å². The zero-order chi connectivity index (χ0) is 16.7. The van der Waals surface area contributed by atoms with E-state index in [4.69, 9.17) is 0 Å². The van der Waals surface area contributed by atoms with E-state index in [1.807, 2.05) is 49.1 Å². The summed E-state index contributed by atoms with van der Waals surface area (Å²) in [6.45, 7) is 6.21. The lowest BCUT2D eigenvalue weighted by Gasteiger charge is -2.31. The second-order valence-corrected chi connectivity index (χ2v) is 6.48. The van der Waals surface area contributed by atoms with E-state index in [9.17, 15) is 9.59 Å². The average molecular weight is 317 g/mol. The molecule has 1 unspecified atom stereocenters. The number of urea groups is 1. The number of carbonyl (C=O) groups excluding carboxylic acids is 2. The molecule has 1 saturated heterocycles. The topological polar surface area (TPSA) is 61.4 Å². The molecule has 2 N–H and O–H groups in total. The summed E-state index contributed by atoms with van der Waals surface area (Å²) in [7, 11) is 0. The first kappa shape index (κ1) is 17.3. The van der Waals surface area contributed by atoms with Crippen LogP contribution in [0.2, 0.25) is 0 Å². The normalized spacial score (nSPS) is 16.0. The minimum atomic E-state index is -0.624. The molecular formula is C18H27N3O2. The maximum Gasteiger partial charge on any atom is 0.315 e. The van der Waals surface area contributed by atoms with E-state index in [1.54, 1.807) is 0 Å². The van der Waals surface area contributed by atoms with Crippen molar-refractivity contribution in [3.63, 3.8) is 0 Å². The van der Waals surface area contributed by atoms with Crippen LogP contribution in [0.3, 0.4) is 0 Å². The van der Waals surface area contributed by atoms with Gasteiger partial charge in [0.25, 0.3) is 0 Å². The minimum absolute atomic E-state index is 0.0180. The molecule has 2 rings (SSSR count). The van der Waals surface area contributed by atoms with E-state index >= 15 is 0 Å². The van der Waals surface area contributed by atoms with Crippen molar-refractivity contribution in [3.8, 4) is 0 Å². The van der Waals surface area contributed by atoms with E-state index in [1.165, 1.54) is 6.42 Å². The standard InChI is InChI=1S/C18H27N3O2/c1-14(2)13-19-18(23)20-16(15-9-5-3-6-10-15)17(22)21-11-7-4-8-12-21/h3,5-6,9-10,14,16H,4,7-8,11-13H2,1-2H3,(H2,19,20,23). The summed E-state index contributed by atoms with van der Waals surface area (Å²) in [5.74, 6) is 0.351. The number of benzene rings is 1. The summed E-state index contributed by atoms with van der Waals surface area (Å²) in [4.78, 5) is 26.8. The molecule has 1 aliphatic rings. The summed E-state index contributed by atoms with van der Waals surface area (Å²) in [6.07, 6.45) is 3.24. The van der Waals surface area contributed by atoms with Gasteiger partial charge in [0.05, 0.1) is 0 Å². The van der Waals surface area contributed by atoms with Gasteiger partial charge in [-0.15, -0.1) is 0 Å². The van der Waals surface area contributed by atoms with E-state index in [0.717, 1.165) is 31.5 Å². The summed E-state index contributed by atoms with van der Waals surface area (Å²) >= 11 is 0. The summed E-state index contributed by atoms with van der Waals surface area (Å²) in [6, 6.07) is 8.54. The largest absolute Gasteiger partial charge is 0.341 e.